The van der Waals surface area contributed by atoms with E-state index in [1.54, 1.807) is 29.3 Å². The van der Waals surface area contributed by atoms with Gasteiger partial charge in [-0.1, -0.05) is 12.1 Å². The second-order valence-electron chi connectivity index (χ2n) is 18.5. The fourth-order valence-corrected chi connectivity index (χ4v) is 11.1. The van der Waals surface area contributed by atoms with Gasteiger partial charge in [-0.2, -0.15) is 0 Å². The van der Waals surface area contributed by atoms with Crippen molar-refractivity contribution in [2.75, 3.05) is 90.9 Å². The van der Waals surface area contributed by atoms with Crippen LogP contribution in [-0.4, -0.2) is 125 Å². The van der Waals surface area contributed by atoms with Crippen LogP contribution in [0.4, 0.5) is 37.8 Å². The van der Waals surface area contributed by atoms with Gasteiger partial charge in [0.05, 0.1) is 54.8 Å². The number of piperidine rings is 1. The molecule has 64 heavy (non-hydrogen) atoms. The number of urea groups is 1. The Morgan fingerprint density at radius 3 is 2.44 bits per heavy atom. The number of carbonyl (C=O) groups excluding carboxylic acids is 2. The lowest BCUT2D eigenvalue weighted by Gasteiger charge is -2.44. The van der Waals surface area contributed by atoms with Gasteiger partial charge in [-0.3, -0.25) is 19.9 Å². The van der Waals surface area contributed by atoms with Crippen LogP contribution >= 0.6 is 0 Å². The van der Waals surface area contributed by atoms with Crippen LogP contribution in [0.3, 0.4) is 0 Å². The van der Waals surface area contributed by atoms with E-state index in [1.807, 2.05) is 37.3 Å². The number of ether oxygens (including phenoxy) is 2. The largest absolute Gasteiger partial charge is 0.507 e. The van der Waals surface area contributed by atoms with Crippen molar-refractivity contribution < 1.29 is 28.6 Å². The minimum atomic E-state index is -0.625. The van der Waals surface area contributed by atoms with E-state index >= 15 is 4.39 Å². The number of nitrogens with zero attached hydrogens (tertiary/aromatic N) is 9. The fourth-order valence-electron chi connectivity index (χ4n) is 11.1. The average Bonchev–Trinajstić information content (AvgIpc) is 3.93. The van der Waals surface area contributed by atoms with Gasteiger partial charge in [-0.05, 0) is 86.6 Å². The van der Waals surface area contributed by atoms with Gasteiger partial charge in [-0.25, -0.2) is 14.2 Å². The molecule has 334 valence electrons. The van der Waals surface area contributed by atoms with E-state index in [0.717, 1.165) is 106 Å². The molecule has 2 aromatic carbocycles. The summed E-state index contributed by atoms with van der Waals surface area (Å²) in [6, 6.07) is 16.7. The number of nitrogen functional groups attached to an aromatic ring is 1. The van der Waals surface area contributed by atoms with E-state index in [1.165, 1.54) is 0 Å². The number of rotatable bonds is 8. The Balaban J connectivity index is 0.685. The number of phenols is 1. The Bertz CT molecular complexity index is 2600. The molecule has 11 rings (SSSR count). The maximum atomic E-state index is 15.6. The van der Waals surface area contributed by atoms with Crippen LogP contribution in [0, 0.1) is 18.7 Å². The monoisotopic (exact) mass is 871 g/mol. The summed E-state index contributed by atoms with van der Waals surface area (Å²) in [5.41, 5.74) is 12.7. The lowest BCUT2D eigenvalue weighted by Crippen LogP contribution is -2.54. The van der Waals surface area contributed by atoms with E-state index in [2.05, 4.69) is 51.9 Å². The second kappa shape index (κ2) is 16.2. The molecule has 2 atom stereocenters. The average molecular weight is 872 g/mol. The van der Waals surface area contributed by atoms with Crippen molar-refractivity contribution in [3.05, 3.63) is 78.4 Å². The number of phenolic OH excluding ortho intramolecular Hbond substituents is 1. The number of para-hydroxylation sites is 1. The first kappa shape index (κ1) is 40.7. The number of aromatic hydroxyl groups is 1. The highest BCUT2D eigenvalue weighted by Gasteiger charge is 2.45. The highest BCUT2D eigenvalue weighted by Crippen LogP contribution is 2.42. The number of halogens is 1. The van der Waals surface area contributed by atoms with E-state index in [4.69, 9.17) is 20.2 Å². The van der Waals surface area contributed by atoms with Gasteiger partial charge in [0.25, 0.3) is 0 Å². The summed E-state index contributed by atoms with van der Waals surface area (Å²) >= 11 is 0. The number of fused-ring (bicyclic) bond motifs is 3. The van der Waals surface area contributed by atoms with Crippen molar-refractivity contribution in [2.45, 2.75) is 69.4 Å². The van der Waals surface area contributed by atoms with Gasteiger partial charge in [0.2, 0.25) is 5.91 Å². The molecular weight excluding hydrogens is 818 g/mol. The SMILES string of the molecule is Cc1cn(C2COC3(CCN(CC4CCN(c5cc(N6C7CCC6CN(c6cc(-c8ccccc8O)nnc6N)C7)ccc5F)CC4)C3)OC2)c2ncc(N3CCC(=O)NC3=O)cc12. The second-order valence-corrected chi connectivity index (χ2v) is 18.5. The number of benzene rings is 2. The van der Waals surface area contributed by atoms with Crippen molar-refractivity contribution in [3.8, 4) is 17.0 Å². The Morgan fingerprint density at radius 2 is 1.67 bits per heavy atom. The maximum Gasteiger partial charge on any atom is 0.328 e. The number of anilines is 5. The first-order valence-electron chi connectivity index (χ1n) is 22.7. The molecule has 0 saturated carbocycles. The number of aryl methyl sites for hydroxylation is 1. The summed E-state index contributed by atoms with van der Waals surface area (Å²) in [6.07, 6.45) is 8.88. The van der Waals surface area contributed by atoms with Crippen molar-refractivity contribution >= 4 is 51.5 Å². The molecule has 4 N–H and O–H groups in total. The standard InChI is InChI=1S/C47H54FN11O5/c1-29-22-58(45-37(29)18-34(21-50-45)57-16-12-43(61)51-46(57)62)35-26-63-47(64-27-35)13-17-54(28-47)23-30-10-14-55(15-11-30)40-19-31(8-9-38(40)48)59-32-6-7-33(59)25-56(24-32)41-20-39(52-53-44(41)49)36-4-2-3-5-42(36)60/h2-5,8-9,18-22,30,32-33,35,60H,6-7,10-17,23-28H2,1H3,(H2,49,53)(H,51,61,62). The lowest BCUT2D eigenvalue weighted by molar-refractivity contribution is -0.270. The normalized spacial score (nSPS) is 25.6. The molecule has 6 aliphatic rings. The minimum absolute atomic E-state index is 0.0391. The number of nitrogens with one attached hydrogen (secondary N) is 1. The Kier molecular flexibility index (Phi) is 10.3. The van der Waals surface area contributed by atoms with Gasteiger partial charge in [0, 0.05) is 93.6 Å². The van der Waals surface area contributed by atoms with Crippen LogP contribution in [0.5, 0.6) is 5.75 Å². The topological polar surface area (TPSA) is 171 Å². The Hall–Kier alpha value is -6.04. The molecule has 5 aromatic rings. The fraction of sp³-hybridized carbons (Fsp3) is 0.468. The van der Waals surface area contributed by atoms with Crippen LogP contribution in [0.25, 0.3) is 22.3 Å². The third kappa shape index (κ3) is 7.42. The minimum Gasteiger partial charge on any atom is -0.507 e. The summed E-state index contributed by atoms with van der Waals surface area (Å²) in [6.45, 7) is 9.10. The predicted octanol–water partition coefficient (Wildman–Crippen LogP) is 5.44. The number of nitrogens with two attached hydrogens (primary N) is 1. The number of pyridine rings is 1. The number of hydrogen-bond donors (Lipinski definition) is 3. The summed E-state index contributed by atoms with van der Waals surface area (Å²) in [5.74, 6) is -0.0491. The van der Waals surface area contributed by atoms with Crippen LogP contribution in [0.15, 0.2) is 67.0 Å². The summed E-state index contributed by atoms with van der Waals surface area (Å²) in [5, 5.41) is 22.3. The number of amides is 3. The number of likely N-dealkylation sites (tertiary alicyclic amines) is 1. The molecule has 9 heterocycles. The zero-order valence-electron chi connectivity index (χ0n) is 36.0. The smallest absolute Gasteiger partial charge is 0.328 e. The van der Waals surface area contributed by atoms with Gasteiger partial charge in [-0.15, -0.1) is 10.2 Å². The number of imide groups is 1. The van der Waals surface area contributed by atoms with Crippen LogP contribution in [-0.2, 0) is 14.3 Å². The molecule has 0 radical (unpaired) electrons. The third-order valence-electron chi connectivity index (χ3n) is 14.5. The molecule has 17 heteroatoms. The van der Waals surface area contributed by atoms with Gasteiger partial charge in [0.1, 0.15) is 17.2 Å². The maximum absolute atomic E-state index is 15.6. The Morgan fingerprint density at radius 1 is 0.891 bits per heavy atom. The molecule has 6 fully saturated rings. The number of aromatic nitrogens is 4. The summed E-state index contributed by atoms with van der Waals surface area (Å²) in [7, 11) is 0. The summed E-state index contributed by atoms with van der Waals surface area (Å²) < 4.78 is 30.9. The highest BCUT2D eigenvalue weighted by atomic mass is 19.1. The van der Waals surface area contributed by atoms with Crippen LogP contribution in [0.1, 0.15) is 50.1 Å². The van der Waals surface area contributed by atoms with Gasteiger partial charge >= 0.3 is 6.03 Å². The van der Waals surface area contributed by atoms with E-state index in [-0.39, 0.29) is 42.0 Å². The van der Waals surface area contributed by atoms with Gasteiger partial charge < -0.3 is 39.6 Å². The van der Waals surface area contributed by atoms with Crippen LogP contribution < -0.4 is 30.7 Å². The van der Waals surface area contributed by atoms with E-state index in [0.29, 0.717) is 54.1 Å². The molecule has 6 aliphatic heterocycles. The first-order chi connectivity index (χ1) is 31.1. The molecule has 16 nitrogen and oxygen atoms in total. The molecule has 3 amide bonds. The molecule has 3 aromatic heterocycles. The van der Waals surface area contributed by atoms with Crippen molar-refractivity contribution in [3.63, 3.8) is 0 Å². The van der Waals surface area contributed by atoms with E-state index < -0.39 is 11.8 Å². The highest BCUT2D eigenvalue weighted by molar-refractivity contribution is 6.06. The molecule has 0 aliphatic carbocycles. The zero-order chi connectivity index (χ0) is 43.7. The zero-order valence-corrected chi connectivity index (χ0v) is 36.0. The lowest BCUT2D eigenvalue weighted by atomic mass is 9.95. The van der Waals surface area contributed by atoms with Crippen molar-refractivity contribution in [1.82, 2.24) is 30.0 Å². The predicted molar refractivity (Wildman–Crippen MR) is 241 cm³/mol. The number of carbonyl (C=O) groups is 2. The molecule has 2 bridgehead atoms. The van der Waals surface area contributed by atoms with E-state index in [9.17, 15) is 14.7 Å². The number of hydrogen-bond acceptors (Lipinski definition) is 13. The number of piperazine rings is 1. The quantitative estimate of drug-likeness (QED) is 0.180. The molecular formula is C47H54FN11O5. The van der Waals surface area contributed by atoms with Crippen molar-refractivity contribution in [2.24, 2.45) is 5.92 Å². The molecule has 6 saturated heterocycles. The van der Waals surface area contributed by atoms with Crippen LogP contribution in [0.2, 0.25) is 0 Å². The Labute approximate surface area is 370 Å². The van der Waals surface area contributed by atoms with Gasteiger partial charge in [0.15, 0.2) is 11.6 Å². The molecule has 2 unspecified atom stereocenters. The van der Waals surface area contributed by atoms with Crippen molar-refractivity contribution in [1.29, 1.82) is 0 Å². The summed E-state index contributed by atoms with van der Waals surface area (Å²) in [4.78, 5) is 39.9. The molecule has 1 spiro atoms. The first-order valence-corrected chi connectivity index (χ1v) is 22.7. The third-order valence-corrected chi connectivity index (χ3v) is 14.5.